The number of hydrogen-bond acceptors (Lipinski definition) is 3. The minimum Gasteiger partial charge on any atom is -0.489 e. The molecule has 3 nitrogen and oxygen atoms in total. The third-order valence-corrected chi connectivity index (χ3v) is 6.64. The van der Waals surface area contributed by atoms with Crippen molar-refractivity contribution in [1.82, 2.24) is 5.32 Å². The van der Waals surface area contributed by atoms with Gasteiger partial charge in [0.05, 0.1) is 6.61 Å². The van der Waals surface area contributed by atoms with E-state index in [0.29, 0.717) is 18.6 Å². The number of aryl methyl sites for hydroxylation is 1. The molecule has 1 atom stereocenters. The predicted octanol–water partition coefficient (Wildman–Crippen LogP) is 5.88. The van der Waals surface area contributed by atoms with Gasteiger partial charge in [0.2, 0.25) is 0 Å². The van der Waals surface area contributed by atoms with Crippen LogP contribution in [0, 0.1) is 0 Å². The summed E-state index contributed by atoms with van der Waals surface area (Å²) in [5.74, 6) is 1.55. The van der Waals surface area contributed by atoms with Crippen LogP contribution in [0.3, 0.4) is 0 Å². The summed E-state index contributed by atoms with van der Waals surface area (Å²) in [7, 11) is 0. The van der Waals surface area contributed by atoms with E-state index in [4.69, 9.17) is 4.74 Å². The number of aliphatic hydroxyl groups is 1. The van der Waals surface area contributed by atoms with Crippen molar-refractivity contribution in [3.63, 3.8) is 0 Å². The van der Waals surface area contributed by atoms with Crippen LogP contribution in [-0.2, 0) is 13.0 Å². The molecule has 1 saturated carbocycles. The van der Waals surface area contributed by atoms with Gasteiger partial charge in [-0.05, 0) is 73.3 Å². The Hall–Kier alpha value is -2.62. The maximum Gasteiger partial charge on any atom is 0.119 e. The lowest BCUT2D eigenvalue weighted by atomic mass is 9.81. The fourth-order valence-corrected chi connectivity index (χ4v) is 4.72. The van der Waals surface area contributed by atoms with Crippen molar-refractivity contribution in [2.24, 2.45) is 0 Å². The summed E-state index contributed by atoms with van der Waals surface area (Å²) >= 11 is 0. The van der Waals surface area contributed by atoms with Crippen LogP contribution in [-0.4, -0.2) is 23.8 Å². The first kappa shape index (κ1) is 22.6. The highest BCUT2D eigenvalue weighted by atomic mass is 16.5. The van der Waals surface area contributed by atoms with E-state index in [1.165, 1.54) is 42.4 Å². The van der Waals surface area contributed by atoms with Crippen molar-refractivity contribution in [2.45, 2.75) is 63.1 Å². The molecule has 3 aromatic carbocycles. The van der Waals surface area contributed by atoms with E-state index < -0.39 is 0 Å². The molecule has 32 heavy (non-hydrogen) atoms. The highest BCUT2D eigenvalue weighted by Gasteiger charge is 2.24. The molecule has 3 heteroatoms. The zero-order valence-electron chi connectivity index (χ0n) is 18.8. The average molecular weight is 430 g/mol. The molecule has 1 fully saturated rings. The van der Waals surface area contributed by atoms with E-state index >= 15 is 0 Å². The Morgan fingerprint density at radius 3 is 2.03 bits per heavy atom. The second-order valence-electron chi connectivity index (χ2n) is 8.96. The van der Waals surface area contributed by atoms with Gasteiger partial charge in [-0.25, -0.2) is 0 Å². The second-order valence-corrected chi connectivity index (χ2v) is 8.96. The van der Waals surface area contributed by atoms with E-state index in [9.17, 15) is 5.11 Å². The number of nitrogens with one attached hydrogen (secondary N) is 1. The van der Waals surface area contributed by atoms with Gasteiger partial charge in [-0.2, -0.15) is 0 Å². The van der Waals surface area contributed by atoms with E-state index in [1.807, 2.05) is 18.2 Å². The number of aliphatic hydroxyl groups excluding tert-OH is 1. The van der Waals surface area contributed by atoms with Gasteiger partial charge in [0.15, 0.2) is 0 Å². The third kappa shape index (κ3) is 6.69. The number of ether oxygens (including phenoxy) is 1. The molecule has 0 saturated heterocycles. The molecule has 4 rings (SSSR count). The molecular formula is C29H35NO2. The topological polar surface area (TPSA) is 41.5 Å². The van der Waals surface area contributed by atoms with Gasteiger partial charge in [0.25, 0.3) is 0 Å². The Balaban J connectivity index is 1.20. The van der Waals surface area contributed by atoms with Crippen LogP contribution in [0.15, 0.2) is 84.9 Å². The lowest BCUT2D eigenvalue weighted by Crippen LogP contribution is -2.42. The molecule has 0 spiro atoms. The van der Waals surface area contributed by atoms with Gasteiger partial charge in [0.1, 0.15) is 12.4 Å². The normalized spacial score (nSPS) is 19.4. The first-order valence-corrected chi connectivity index (χ1v) is 12.0. The SMILES string of the molecule is OCC(CCc1ccccc1)NC1CCC(c2ccc(OCc3ccccc3)cc2)CC1. The zero-order chi connectivity index (χ0) is 22.0. The molecule has 1 unspecified atom stereocenters. The molecule has 0 amide bonds. The maximum atomic E-state index is 9.83. The largest absolute Gasteiger partial charge is 0.489 e. The third-order valence-electron chi connectivity index (χ3n) is 6.64. The molecule has 0 aromatic heterocycles. The van der Waals surface area contributed by atoms with Gasteiger partial charge in [-0.1, -0.05) is 72.8 Å². The van der Waals surface area contributed by atoms with Crippen LogP contribution in [0.2, 0.25) is 0 Å². The minimum atomic E-state index is 0.179. The summed E-state index contributed by atoms with van der Waals surface area (Å²) in [5.41, 5.74) is 3.94. The summed E-state index contributed by atoms with van der Waals surface area (Å²) in [4.78, 5) is 0. The van der Waals surface area contributed by atoms with Crippen molar-refractivity contribution in [2.75, 3.05) is 6.61 Å². The number of rotatable bonds is 10. The maximum absolute atomic E-state index is 9.83. The summed E-state index contributed by atoms with van der Waals surface area (Å²) in [6.45, 7) is 0.810. The van der Waals surface area contributed by atoms with Crippen molar-refractivity contribution in [3.8, 4) is 5.75 Å². The van der Waals surface area contributed by atoms with Gasteiger partial charge in [-0.3, -0.25) is 0 Å². The van der Waals surface area contributed by atoms with Crippen LogP contribution in [0.4, 0.5) is 0 Å². The zero-order valence-corrected chi connectivity index (χ0v) is 18.8. The van der Waals surface area contributed by atoms with Gasteiger partial charge >= 0.3 is 0 Å². The Labute approximate surface area is 192 Å². The van der Waals surface area contributed by atoms with E-state index in [2.05, 4.69) is 72.0 Å². The molecule has 1 aliphatic carbocycles. The smallest absolute Gasteiger partial charge is 0.119 e. The van der Waals surface area contributed by atoms with E-state index in [1.54, 1.807) is 0 Å². The fraction of sp³-hybridized carbons (Fsp3) is 0.379. The molecule has 2 N–H and O–H groups in total. The van der Waals surface area contributed by atoms with Crippen LogP contribution in [0.25, 0.3) is 0 Å². The predicted molar refractivity (Wildman–Crippen MR) is 131 cm³/mol. The highest BCUT2D eigenvalue weighted by Crippen LogP contribution is 2.34. The Morgan fingerprint density at radius 2 is 1.41 bits per heavy atom. The molecule has 0 bridgehead atoms. The first-order chi connectivity index (χ1) is 15.8. The molecule has 0 aliphatic heterocycles. The lowest BCUT2D eigenvalue weighted by Gasteiger charge is -2.32. The van der Waals surface area contributed by atoms with E-state index in [-0.39, 0.29) is 12.6 Å². The Bertz CT molecular complexity index is 903. The summed E-state index contributed by atoms with van der Waals surface area (Å²) in [5, 5.41) is 13.6. The van der Waals surface area contributed by atoms with Crippen LogP contribution >= 0.6 is 0 Å². The van der Waals surface area contributed by atoms with Crippen LogP contribution in [0.1, 0.15) is 54.7 Å². The monoisotopic (exact) mass is 429 g/mol. The van der Waals surface area contributed by atoms with Gasteiger partial charge < -0.3 is 15.2 Å². The molecule has 0 radical (unpaired) electrons. The summed E-state index contributed by atoms with van der Waals surface area (Å²) in [6, 6.07) is 30.2. The molecule has 168 valence electrons. The molecule has 0 heterocycles. The highest BCUT2D eigenvalue weighted by molar-refractivity contribution is 5.30. The standard InChI is InChI=1S/C29H35NO2/c31-21-28(16-11-23-7-3-1-4-8-23)30-27-17-12-25(13-18-27)26-14-19-29(20-15-26)32-22-24-9-5-2-6-10-24/h1-10,14-15,19-20,25,27-28,30-31H,11-13,16-18,21-22H2. The summed E-state index contributed by atoms with van der Waals surface area (Å²) < 4.78 is 5.93. The van der Waals surface area contributed by atoms with Crippen LogP contribution in [0.5, 0.6) is 5.75 Å². The Kier molecular flexibility index (Phi) is 8.35. The fourth-order valence-electron chi connectivity index (χ4n) is 4.72. The molecule has 1 aliphatic rings. The van der Waals surface area contributed by atoms with Crippen molar-refractivity contribution in [3.05, 3.63) is 102 Å². The van der Waals surface area contributed by atoms with Gasteiger partial charge in [-0.15, -0.1) is 0 Å². The first-order valence-electron chi connectivity index (χ1n) is 12.0. The Morgan fingerprint density at radius 1 is 0.781 bits per heavy atom. The average Bonchev–Trinajstić information content (AvgIpc) is 2.87. The van der Waals surface area contributed by atoms with Crippen molar-refractivity contribution in [1.29, 1.82) is 0 Å². The van der Waals surface area contributed by atoms with Crippen LogP contribution < -0.4 is 10.1 Å². The number of benzene rings is 3. The van der Waals surface area contributed by atoms with Crippen molar-refractivity contribution < 1.29 is 9.84 Å². The minimum absolute atomic E-state index is 0.179. The van der Waals surface area contributed by atoms with Gasteiger partial charge in [0, 0.05) is 12.1 Å². The molecular weight excluding hydrogens is 394 g/mol. The van der Waals surface area contributed by atoms with Crippen molar-refractivity contribution >= 4 is 0 Å². The second kappa shape index (κ2) is 11.8. The number of hydrogen-bond donors (Lipinski definition) is 2. The van der Waals surface area contributed by atoms with E-state index in [0.717, 1.165) is 18.6 Å². The summed E-state index contributed by atoms with van der Waals surface area (Å²) in [6.07, 6.45) is 6.70. The molecule has 3 aromatic rings. The quantitative estimate of drug-likeness (QED) is 0.423. The lowest BCUT2D eigenvalue weighted by molar-refractivity contribution is 0.209.